The molecule has 4 aliphatic rings. The molecule has 1 amide bonds. The first-order valence-electron chi connectivity index (χ1n) is 8.35. The lowest BCUT2D eigenvalue weighted by Gasteiger charge is -2.30. The third kappa shape index (κ3) is 2.08. The normalized spacial score (nSPS) is 43.0. The minimum absolute atomic E-state index is 0.117. The van der Waals surface area contributed by atoms with Crippen LogP contribution in [0.1, 0.15) is 38.5 Å². The lowest BCUT2D eigenvalue weighted by atomic mass is 9.84. The van der Waals surface area contributed by atoms with Crippen LogP contribution in [-0.2, 0) is 9.59 Å². The molecule has 3 aliphatic carbocycles. The number of carboxylic acids is 1. The van der Waals surface area contributed by atoms with Crippen molar-refractivity contribution < 1.29 is 14.7 Å². The zero-order valence-electron chi connectivity index (χ0n) is 12.3. The van der Waals surface area contributed by atoms with E-state index in [0.29, 0.717) is 5.92 Å². The minimum atomic E-state index is -0.722. The van der Waals surface area contributed by atoms with Crippen molar-refractivity contribution in [3.05, 3.63) is 0 Å². The molecule has 0 radical (unpaired) electrons. The first-order valence-corrected chi connectivity index (χ1v) is 8.35. The minimum Gasteiger partial charge on any atom is -0.481 e. The number of hydrogen-bond acceptors (Lipinski definition) is 3. The smallest absolute Gasteiger partial charge is 0.308 e. The molecule has 3 saturated carbocycles. The molecule has 2 bridgehead atoms. The van der Waals surface area contributed by atoms with Gasteiger partial charge in [0.15, 0.2) is 0 Å². The van der Waals surface area contributed by atoms with Crippen LogP contribution in [0.25, 0.3) is 0 Å². The highest BCUT2D eigenvalue weighted by Crippen LogP contribution is 2.59. The highest BCUT2D eigenvalue weighted by Gasteiger charge is 2.59. The topological polar surface area (TPSA) is 78.4 Å². The van der Waals surface area contributed by atoms with Gasteiger partial charge >= 0.3 is 5.97 Å². The van der Waals surface area contributed by atoms with E-state index in [9.17, 15) is 14.7 Å². The molecule has 5 heteroatoms. The molecule has 4 rings (SSSR count). The van der Waals surface area contributed by atoms with Crippen LogP contribution in [0.4, 0.5) is 0 Å². The van der Waals surface area contributed by atoms with Gasteiger partial charge in [0, 0.05) is 12.0 Å². The van der Waals surface area contributed by atoms with Crippen molar-refractivity contribution in [3.63, 3.8) is 0 Å². The first kappa shape index (κ1) is 13.6. The van der Waals surface area contributed by atoms with E-state index in [2.05, 4.69) is 10.6 Å². The van der Waals surface area contributed by atoms with Crippen molar-refractivity contribution in [1.29, 1.82) is 0 Å². The van der Waals surface area contributed by atoms with E-state index in [0.717, 1.165) is 51.6 Å². The van der Waals surface area contributed by atoms with Crippen LogP contribution in [0.2, 0.25) is 0 Å². The number of carbonyl (C=O) groups excluding carboxylic acids is 1. The molecule has 1 saturated heterocycles. The SMILES string of the molecule is O=C(O)C1C2CCC(C2)C1NC(=O)C1CC12CCNCC2. The van der Waals surface area contributed by atoms with Gasteiger partial charge in [-0.15, -0.1) is 0 Å². The van der Waals surface area contributed by atoms with Crippen LogP contribution in [-0.4, -0.2) is 36.1 Å². The summed E-state index contributed by atoms with van der Waals surface area (Å²) in [6.45, 7) is 2.02. The largest absolute Gasteiger partial charge is 0.481 e. The maximum Gasteiger partial charge on any atom is 0.308 e. The van der Waals surface area contributed by atoms with E-state index < -0.39 is 5.97 Å². The first-order chi connectivity index (χ1) is 10.1. The molecule has 5 unspecified atom stereocenters. The van der Waals surface area contributed by atoms with E-state index >= 15 is 0 Å². The van der Waals surface area contributed by atoms with Gasteiger partial charge in [-0.3, -0.25) is 9.59 Å². The second kappa shape index (κ2) is 4.70. The molecule has 1 heterocycles. The fourth-order valence-electron chi connectivity index (χ4n) is 5.31. The molecule has 5 atom stereocenters. The van der Waals surface area contributed by atoms with Gasteiger partial charge in [0.2, 0.25) is 5.91 Å². The van der Waals surface area contributed by atoms with Crippen LogP contribution >= 0.6 is 0 Å². The third-order valence-electron chi connectivity index (χ3n) is 6.62. The maximum absolute atomic E-state index is 12.6. The Morgan fingerprint density at radius 2 is 1.86 bits per heavy atom. The fourth-order valence-corrected chi connectivity index (χ4v) is 5.31. The number of rotatable bonds is 3. The summed E-state index contributed by atoms with van der Waals surface area (Å²) >= 11 is 0. The van der Waals surface area contributed by atoms with Crippen LogP contribution < -0.4 is 10.6 Å². The molecule has 1 aliphatic heterocycles. The summed E-state index contributed by atoms with van der Waals surface area (Å²) in [5, 5.41) is 15.9. The number of carbonyl (C=O) groups is 2. The van der Waals surface area contributed by atoms with Gasteiger partial charge in [0.1, 0.15) is 0 Å². The molecule has 3 N–H and O–H groups in total. The second-order valence-corrected chi connectivity index (χ2v) is 7.60. The zero-order valence-corrected chi connectivity index (χ0v) is 12.3. The number of amides is 1. The van der Waals surface area contributed by atoms with E-state index in [-0.39, 0.29) is 35.1 Å². The van der Waals surface area contributed by atoms with Crippen LogP contribution in [0.15, 0.2) is 0 Å². The quantitative estimate of drug-likeness (QED) is 0.725. The highest BCUT2D eigenvalue weighted by atomic mass is 16.4. The lowest BCUT2D eigenvalue weighted by Crippen LogP contribution is -2.48. The average Bonchev–Trinajstić information content (AvgIpc) is 2.85. The Morgan fingerprint density at radius 3 is 2.57 bits per heavy atom. The molecule has 0 aromatic carbocycles. The Bertz CT molecular complexity index is 472. The van der Waals surface area contributed by atoms with E-state index in [1.165, 1.54) is 0 Å². The van der Waals surface area contributed by atoms with Crippen molar-refractivity contribution in [2.45, 2.75) is 44.6 Å². The molecule has 1 spiro atoms. The highest BCUT2D eigenvalue weighted by molar-refractivity contribution is 5.84. The van der Waals surface area contributed by atoms with Gasteiger partial charge < -0.3 is 15.7 Å². The van der Waals surface area contributed by atoms with Gasteiger partial charge in [-0.2, -0.15) is 0 Å². The van der Waals surface area contributed by atoms with Crippen molar-refractivity contribution in [1.82, 2.24) is 10.6 Å². The van der Waals surface area contributed by atoms with Crippen LogP contribution in [0, 0.1) is 29.1 Å². The number of aliphatic carboxylic acids is 1. The Morgan fingerprint density at radius 1 is 1.14 bits per heavy atom. The Labute approximate surface area is 124 Å². The van der Waals surface area contributed by atoms with Gasteiger partial charge in [-0.1, -0.05) is 0 Å². The summed E-state index contributed by atoms with van der Waals surface area (Å²) in [6.07, 6.45) is 6.27. The average molecular weight is 292 g/mol. The fraction of sp³-hybridized carbons (Fsp3) is 0.875. The lowest BCUT2D eigenvalue weighted by molar-refractivity contribution is -0.144. The molecule has 0 aromatic heterocycles. The number of piperidine rings is 1. The van der Waals surface area contributed by atoms with Crippen molar-refractivity contribution in [3.8, 4) is 0 Å². The van der Waals surface area contributed by atoms with Gasteiger partial charge in [0.25, 0.3) is 0 Å². The summed E-state index contributed by atoms with van der Waals surface area (Å²) in [6, 6.07) is -0.117. The zero-order chi connectivity index (χ0) is 14.6. The summed E-state index contributed by atoms with van der Waals surface area (Å²) in [5.41, 5.74) is 0.228. The Balaban J connectivity index is 1.42. The van der Waals surface area contributed by atoms with Crippen molar-refractivity contribution in [2.75, 3.05) is 13.1 Å². The number of fused-ring (bicyclic) bond motifs is 2. The number of carboxylic acid groups (broad SMARTS) is 1. The van der Waals surface area contributed by atoms with Gasteiger partial charge in [-0.25, -0.2) is 0 Å². The summed E-state index contributed by atoms with van der Waals surface area (Å²) in [4.78, 5) is 24.1. The summed E-state index contributed by atoms with van der Waals surface area (Å²) in [7, 11) is 0. The van der Waals surface area contributed by atoms with Crippen molar-refractivity contribution >= 4 is 11.9 Å². The van der Waals surface area contributed by atoms with E-state index in [1.807, 2.05) is 0 Å². The second-order valence-electron chi connectivity index (χ2n) is 7.60. The van der Waals surface area contributed by atoms with Gasteiger partial charge in [-0.05, 0) is 68.9 Å². The molecular formula is C16H24N2O3. The molecule has 5 nitrogen and oxygen atoms in total. The standard InChI is InChI=1S/C16H24N2O3/c19-14(11-8-16(11)3-5-17-6-4-16)18-13-10-2-1-9(7-10)12(13)15(20)21/h9-13,17H,1-8H2,(H,18,19)(H,20,21). The summed E-state index contributed by atoms with van der Waals surface area (Å²) < 4.78 is 0. The third-order valence-corrected chi connectivity index (χ3v) is 6.62. The Hall–Kier alpha value is -1.10. The molecule has 4 fully saturated rings. The molecule has 21 heavy (non-hydrogen) atoms. The van der Waals surface area contributed by atoms with E-state index in [4.69, 9.17) is 0 Å². The monoisotopic (exact) mass is 292 g/mol. The number of hydrogen-bond donors (Lipinski definition) is 3. The molecule has 0 aromatic rings. The van der Waals surface area contributed by atoms with Gasteiger partial charge in [0.05, 0.1) is 5.92 Å². The molecule has 116 valence electrons. The Kier molecular flexibility index (Phi) is 3.03. The summed E-state index contributed by atoms with van der Waals surface area (Å²) in [5.74, 6) is -0.142. The van der Waals surface area contributed by atoms with Crippen molar-refractivity contribution in [2.24, 2.45) is 29.1 Å². The number of nitrogens with one attached hydrogen (secondary N) is 2. The predicted octanol–water partition coefficient (Wildman–Crippen LogP) is 0.992. The molecular weight excluding hydrogens is 268 g/mol. The van der Waals surface area contributed by atoms with Crippen LogP contribution in [0.5, 0.6) is 0 Å². The van der Waals surface area contributed by atoms with Crippen LogP contribution in [0.3, 0.4) is 0 Å². The predicted molar refractivity (Wildman–Crippen MR) is 76.5 cm³/mol. The maximum atomic E-state index is 12.6. The van der Waals surface area contributed by atoms with E-state index in [1.54, 1.807) is 0 Å².